The van der Waals surface area contributed by atoms with Crippen LogP contribution in [0.4, 0.5) is 0 Å². The lowest BCUT2D eigenvalue weighted by Gasteiger charge is -2.40. The molecular formula is C16H20N6O. The van der Waals surface area contributed by atoms with Crippen LogP contribution >= 0.6 is 0 Å². The summed E-state index contributed by atoms with van der Waals surface area (Å²) in [6.45, 7) is 3.78. The molecule has 4 rings (SSSR count). The van der Waals surface area contributed by atoms with Gasteiger partial charge in [-0.25, -0.2) is 4.98 Å². The Bertz CT molecular complexity index is 692. The lowest BCUT2D eigenvalue weighted by Crippen LogP contribution is -2.47. The molecule has 23 heavy (non-hydrogen) atoms. The zero-order valence-electron chi connectivity index (χ0n) is 13.0. The molecular weight excluding hydrogens is 292 g/mol. The summed E-state index contributed by atoms with van der Waals surface area (Å²) in [5, 5.41) is 11.0. The molecule has 2 aliphatic rings. The Morgan fingerprint density at radius 1 is 1.26 bits per heavy atom. The average molecular weight is 312 g/mol. The molecule has 2 saturated heterocycles. The third-order valence-electron chi connectivity index (χ3n) is 4.96. The Kier molecular flexibility index (Phi) is 3.57. The molecule has 2 aromatic rings. The van der Waals surface area contributed by atoms with Crippen LogP contribution in [0.25, 0.3) is 5.82 Å². The van der Waals surface area contributed by atoms with Gasteiger partial charge in [0.2, 0.25) is 0 Å². The normalized spacial score (nSPS) is 24.3. The smallest absolute Gasteiger partial charge is 0.254 e. The van der Waals surface area contributed by atoms with Crippen molar-refractivity contribution in [1.82, 2.24) is 30.0 Å². The molecule has 7 heteroatoms. The summed E-state index contributed by atoms with van der Waals surface area (Å²) in [5.41, 5.74) is 0.949. The predicted molar refractivity (Wildman–Crippen MR) is 84.2 cm³/mol. The standard InChI is InChI=1S/C16H20N6O/c23-15(21-7-1-3-16(10-21)4-6-17-9-16)13-2-5-18-14(8-13)22-11-19-20-12-22/h2,5,8,11-12,17H,1,3-4,6-7,9-10H2. The minimum Gasteiger partial charge on any atom is -0.338 e. The minimum atomic E-state index is 0.0905. The van der Waals surface area contributed by atoms with Crippen molar-refractivity contribution in [2.24, 2.45) is 5.41 Å². The van der Waals surface area contributed by atoms with E-state index in [1.165, 1.54) is 12.8 Å². The summed E-state index contributed by atoms with van der Waals surface area (Å²) in [4.78, 5) is 19.2. The summed E-state index contributed by atoms with van der Waals surface area (Å²) < 4.78 is 1.70. The third-order valence-corrected chi connectivity index (χ3v) is 4.96. The Labute approximate surface area is 134 Å². The van der Waals surface area contributed by atoms with E-state index in [0.29, 0.717) is 11.4 Å². The second-order valence-electron chi connectivity index (χ2n) is 6.53. The first-order chi connectivity index (χ1) is 11.3. The van der Waals surface area contributed by atoms with Crippen molar-refractivity contribution in [1.29, 1.82) is 0 Å². The van der Waals surface area contributed by atoms with E-state index in [0.717, 1.165) is 32.6 Å². The van der Waals surface area contributed by atoms with E-state index in [-0.39, 0.29) is 11.3 Å². The van der Waals surface area contributed by atoms with Crippen molar-refractivity contribution in [3.05, 3.63) is 36.5 Å². The zero-order valence-corrected chi connectivity index (χ0v) is 13.0. The van der Waals surface area contributed by atoms with Crippen molar-refractivity contribution in [2.45, 2.75) is 19.3 Å². The molecule has 1 spiro atoms. The first kappa shape index (κ1) is 14.3. The Morgan fingerprint density at radius 2 is 2.13 bits per heavy atom. The average Bonchev–Trinajstić information content (AvgIpc) is 3.27. The van der Waals surface area contributed by atoms with Gasteiger partial charge in [-0.15, -0.1) is 10.2 Å². The third kappa shape index (κ3) is 2.72. The number of amides is 1. The molecule has 2 fully saturated rings. The lowest BCUT2D eigenvalue weighted by molar-refractivity contribution is 0.0553. The number of carbonyl (C=O) groups excluding carboxylic acids is 1. The molecule has 0 saturated carbocycles. The number of hydrogen-bond donors (Lipinski definition) is 1. The fourth-order valence-corrected chi connectivity index (χ4v) is 3.72. The number of nitrogens with one attached hydrogen (secondary N) is 1. The molecule has 2 aromatic heterocycles. The van der Waals surface area contributed by atoms with Gasteiger partial charge in [0.05, 0.1) is 0 Å². The van der Waals surface area contributed by atoms with Gasteiger partial charge in [0, 0.05) is 36.8 Å². The van der Waals surface area contributed by atoms with Crippen LogP contribution in [0.15, 0.2) is 31.0 Å². The van der Waals surface area contributed by atoms with Crippen LogP contribution in [0.5, 0.6) is 0 Å². The van der Waals surface area contributed by atoms with Crippen molar-refractivity contribution in [3.63, 3.8) is 0 Å². The van der Waals surface area contributed by atoms with Crippen LogP contribution in [0, 0.1) is 5.41 Å². The van der Waals surface area contributed by atoms with Crippen LogP contribution in [0.2, 0.25) is 0 Å². The molecule has 120 valence electrons. The number of carbonyl (C=O) groups is 1. The molecule has 1 N–H and O–H groups in total. The van der Waals surface area contributed by atoms with Gasteiger partial charge in [-0.2, -0.15) is 0 Å². The van der Waals surface area contributed by atoms with E-state index in [1.54, 1.807) is 35.6 Å². The van der Waals surface area contributed by atoms with Gasteiger partial charge in [0.15, 0.2) is 0 Å². The van der Waals surface area contributed by atoms with E-state index in [1.807, 2.05) is 4.90 Å². The summed E-state index contributed by atoms with van der Waals surface area (Å²) in [5.74, 6) is 0.753. The van der Waals surface area contributed by atoms with Gasteiger partial charge in [-0.1, -0.05) is 0 Å². The molecule has 0 aliphatic carbocycles. The highest BCUT2D eigenvalue weighted by Crippen LogP contribution is 2.35. The lowest BCUT2D eigenvalue weighted by atomic mass is 9.79. The topological polar surface area (TPSA) is 75.9 Å². The quantitative estimate of drug-likeness (QED) is 0.891. The van der Waals surface area contributed by atoms with Crippen molar-refractivity contribution < 1.29 is 4.79 Å². The van der Waals surface area contributed by atoms with E-state index in [2.05, 4.69) is 20.5 Å². The van der Waals surface area contributed by atoms with Crippen LogP contribution in [0.1, 0.15) is 29.6 Å². The van der Waals surface area contributed by atoms with Crippen LogP contribution in [-0.2, 0) is 0 Å². The molecule has 0 bridgehead atoms. The highest BCUT2D eigenvalue weighted by Gasteiger charge is 2.39. The van der Waals surface area contributed by atoms with Gasteiger partial charge >= 0.3 is 0 Å². The maximum absolute atomic E-state index is 12.9. The van der Waals surface area contributed by atoms with Crippen molar-refractivity contribution in [3.8, 4) is 5.82 Å². The zero-order chi connectivity index (χ0) is 15.7. The summed E-state index contributed by atoms with van der Waals surface area (Å²) in [6.07, 6.45) is 8.29. The number of nitrogens with zero attached hydrogens (tertiary/aromatic N) is 5. The van der Waals surface area contributed by atoms with Crippen LogP contribution in [0.3, 0.4) is 0 Å². The number of likely N-dealkylation sites (tertiary alicyclic amines) is 1. The first-order valence-electron chi connectivity index (χ1n) is 8.07. The van der Waals surface area contributed by atoms with E-state index < -0.39 is 0 Å². The van der Waals surface area contributed by atoms with Gasteiger partial charge in [-0.05, 0) is 37.9 Å². The number of rotatable bonds is 2. The molecule has 7 nitrogen and oxygen atoms in total. The maximum Gasteiger partial charge on any atom is 0.254 e. The molecule has 1 amide bonds. The molecule has 0 radical (unpaired) electrons. The van der Waals surface area contributed by atoms with Crippen LogP contribution < -0.4 is 5.32 Å². The fourth-order valence-electron chi connectivity index (χ4n) is 3.72. The SMILES string of the molecule is O=C(c1ccnc(-n2cnnc2)c1)N1CCCC2(CCNC2)C1. The predicted octanol–water partition coefficient (Wildman–Crippen LogP) is 0.878. The summed E-state index contributed by atoms with van der Waals surface area (Å²) >= 11 is 0. The number of aromatic nitrogens is 4. The van der Waals surface area contributed by atoms with E-state index >= 15 is 0 Å². The fraction of sp³-hybridized carbons (Fsp3) is 0.500. The van der Waals surface area contributed by atoms with E-state index in [4.69, 9.17) is 0 Å². The second kappa shape index (κ2) is 5.73. The van der Waals surface area contributed by atoms with Crippen molar-refractivity contribution in [2.75, 3.05) is 26.2 Å². The maximum atomic E-state index is 12.9. The second-order valence-corrected chi connectivity index (χ2v) is 6.53. The van der Waals surface area contributed by atoms with Crippen LogP contribution in [-0.4, -0.2) is 56.7 Å². The van der Waals surface area contributed by atoms with Gasteiger partial charge in [-0.3, -0.25) is 9.36 Å². The molecule has 4 heterocycles. The Hall–Kier alpha value is -2.28. The molecule has 1 unspecified atom stereocenters. The molecule has 0 aromatic carbocycles. The Balaban J connectivity index is 1.56. The highest BCUT2D eigenvalue weighted by molar-refractivity contribution is 5.94. The monoisotopic (exact) mass is 312 g/mol. The Morgan fingerprint density at radius 3 is 2.91 bits per heavy atom. The van der Waals surface area contributed by atoms with Gasteiger partial charge in [0.1, 0.15) is 18.5 Å². The number of pyridine rings is 1. The number of hydrogen-bond acceptors (Lipinski definition) is 5. The summed E-state index contributed by atoms with van der Waals surface area (Å²) in [6, 6.07) is 3.59. The van der Waals surface area contributed by atoms with Gasteiger partial charge in [0.25, 0.3) is 5.91 Å². The highest BCUT2D eigenvalue weighted by atomic mass is 16.2. The summed E-state index contributed by atoms with van der Waals surface area (Å²) in [7, 11) is 0. The molecule has 1 atom stereocenters. The minimum absolute atomic E-state index is 0.0905. The molecule has 2 aliphatic heterocycles. The number of piperidine rings is 1. The van der Waals surface area contributed by atoms with E-state index in [9.17, 15) is 4.79 Å². The van der Waals surface area contributed by atoms with Gasteiger partial charge < -0.3 is 10.2 Å². The first-order valence-corrected chi connectivity index (χ1v) is 8.07. The van der Waals surface area contributed by atoms with Crippen molar-refractivity contribution >= 4 is 5.91 Å². The largest absolute Gasteiger partial charge is 0.338 e.